The summed E-state index contributed by atoms with van der Waals surface area (Å²) in [4.78, 5) is 17.4. The molecule has 0 aliphatic carbocycles. The van der Waals surface area contributed by atoms with E-state index in [4.69, 9.17) is 18.9 Å². The lowest BCUT2D eigenvalue weighted by Gasteiger charge is -2.16. The van der Waals surface area contributed by atoms with Gasteiger partial charge in [-0.05, 0) is 46.4 Å². The zero-order valence-electron chi connectivity index (χ0n) is 20.4. The molecule has 0 bridgehead atoms. The molecule has 0 saturated heterocycles. The van der Waals surface area contributed by atoms with Crippen LogP contribution in [-0.2, 0) is 0 Å². The molecule has 0 aliphatic rings. The molecule has 192 valence electrons. The Labute approximate surface area is 226 Å². The number of hydrogen-bond acceptors (Lipinski definition) is 10. The Morgan fingerprint density at radius 3 is 2.32 bits per heavy atom. The summed E-state index contributed by atoms with van der Waals surface area (Å²) in [7, 11) is 4.62. The zero-order chi connectivity index (χ0) is 26.4. The number of anilines is 2. The quantitative estimate of drug-likeness (QED) is 0.240. The van der Waals surface area contributed by atoms with E-state index in [2.05, 4.69) is 41.7 Å². The first-order chi connectivity index (χ1) is 17.9. The maximum absolute atomic E-state index is 12.5. The molecular formula is C25H24BrN5O5S. The van der Waals surface area contributed by atoms with Gasteiger partial charge in [0, 0.05) is 16.6 Å². The van der Waals surface area contributed by atoms with Gasteiger partial charge in [0.25, 0.3) is 5.91 Å². The van der Waals surface area contributed by atoms with Crippen LogP contribution in [0.3, 0.4) is 0 Å². The van der Waals surface area contributed by atoms with E-state index in [0.717, 1.165) is 4.47 Å². The normalized spacial score (nSPS) is 11.4. The van der Waals surface area contributed by atoms with Gasteiger partial charge in [0.2, 0.25) is 11.7 Å². The number of hydrogen-bond donors (Lipinski definition) is 2. The average Bonchev–Trinajstić information content (AvgIpc) is 3.35. The number of amides is 1. The minimum atomic E-state index is -0.383. The van der Waals surface area contributed by atoms with Crippen LogP contribution in [0.15, 0.2) is 58.5 Å². The molecule has 1 atom stereocenters. The van der Waals surface area contributed by atoms with Gasteiger partial charge < -0.3 is 29.6 Å². The third-order valence-corrected chi connectivity index (χ3v) is 7.03. The predicted octanol–water partition coefficient (Wildman–Crippen LogP) is 5.75. The molecule has 0 spiro atoms. The van der Waals surface area contributed by atoms with Crippen LogP contribution in [-0.4, -0.2) is 42.4 Å². The van der Waals surface area contributed by atoms with Gasteiger partial charge in [-0.1, -0.05) is 12.1 Å². The van der Waals surface area contributed by atoms with E-state index < -0.39 is 0 Å². The van der Waals surface area contributed by atoms with Crippen LogP contribution < -0.4 is 29.6 Å². The average molecular weight is 586 g/mol. The number of thiophene rings is 1. The second-order valence-corrected chi connectivity index (χ2v) is 9.35. The van der Waals surface area contributed by atoms with Crippen molar-refractivity contribution in [2.45, 2.75) is 13.0 Å². The van der Waals surface area contributed by atoms with Gasteiger partial charge in [0.05, 0.1) is 39.3 Å². The number of para-hydroxylation sites is 2. The maximum atomic E-state index is 12.5. The second kappa shape index (κ2) is 11.9. The van der Waals surface area contributed by atoms with Crippen LogP contribution >= 0.6 is 27.3 Å². The minimum Gasteiger partial charge on any atom is -0.493 e. The number of nitrogens with zero attached hydrogens (tertiary/aromatic N) is 3. The number of carbonyl (C=O) groups is 1. The SMILES string of the molecule is COc1cc(Oc2ccccc2Nc2ncc(C(C)NC(=O)c3sccc3Br)nn2)cc(OC)c1OC. The fourth-order valence-electron chi connectivity index (χ4n) is 3.35. The van der Waals surface area contributed by atoms with E-state index in [1.54, 1.807) is 24.4 Å². The number of aromatic nitrogens is 3. The number of benzene rings is 2. The highest BCUT2D eigenvalue weighted by atomic mass is 79.9. The standard InChI is InChI=1S/C25H24BrN5O5S/c1-14(28-24(32)23-16(26)9-10-37-23)18-13-27-25(31-30-18)29-17-7-5-6-8-19(17)36-15-11-20(33-2)22(35-4)21(12-15)34-3/h5-14H,1-4H3,(H,28,32)(H,27,29,31). The third-order valence-electron chi connectivity index (χ3n) is 5.19. The molecule has 0 fully saturated rings. The Bertz CT molecular complexity index is 1360. The lowest BCUT2D eigenvalue weighted by molar-refractivity contribution is 0.0942. The first-order valence-corrected chi connectivity index (χ1v) is 12.7. The molecule has 10 nitrogen and oxygen atoms in total. The van der Waals surface area contributed by atoms with Crippen molar-refractivity contribution in [3.8, 4) is 28.7 Å². The molecule has 2 heterocycles. The van der Waals surface area contributed by atoms with Crippen LogP contribution in [0.4, 0.5) is 11.6 Å². The van der Waals surface area contributed by atoms with E-state index in [1.807, 2.05) is 36.6 Å². The summed E-state index contributed by atoms with van der Waals surface area (Å²) in [5.41, 5.74) is 1.14. The fraction of sp³-hybridized carbons (Fsp3) is 0.200. The molecule has 37 heavy (non-hydrogen) atoms. The molecule has 2 aromatic heterocycles. The van der Waals surface area contributed by atoms with Crippen molar-refractivity contribution in [3.05, 3.63) is 69.1 Å². The summed E-state index contributed by atoms with van der Waals surface area (Å²) < 4.78 is 23.0. The number of methoxy groups -OCH3 is 3. The smallest absolute Gasteiger partial charge is 0.263 e. The molecule has 4 aromatic rings. The summed E-state index contributed by atoms with van der Waals surface area (Å²) in [6.45, 7) is 1.82. The summed E-state index contributed by atoms with van der Waals surface area (Å²) in [5, 5.41) is 16.3. The highest BCUT2D eigenvalue weighted by Gasteiger charge is 2.18. The van der Waals surface area contributed by atoms with Gasteiger partial charge in [0.15, 0.2) is 17.2 Å². The molecule has 1 amide bonds. The number of halogens is 1. The molecule has 2 N–H and O–H groups in total. The first-order valence-electron chi connectivity index (χ1n) is 11.0. The molecule has 0 radical (unpaired) electrons. The summed E-state index contributed by atoms with van der Waals surface area (Å²) in [5.74, 6) is 2.49. The molecule has 1 unspecified atom stereocenters. The van der Waals surface area contributed by atoms with Gasteiger partial charge in [-0.25, -0.2) is 4.98 Å². The van der Waals surface area contributed by atoms with E-state index in [-0.39, 0.29) is 17.9 Å². The van der Waals surface area contributed by atoms with Gasteiger partial charge in [-0.15, -0.1) is 21.5 Å². The van der Waals surface area contributed by atoms with Crippen molar-refractivity contribution >= 4 is 44.8 Å². The van der Waals surface area contributed by atoms with Gasteiger partial charge in [-0.3, -0.25) is 4.79 Å². The van der Waals surface area contributed by atoms with Crippen LogP contribution in [0.25, 0.3) is 0 Å². The van der Waals surface area contributed by atoms with Crippen molar-refractivity contribution in [1.82, 2.24) is 20.5 Å². The minimum absolute atomic E-state index is 0.198. The summed E-state index contributed by atoms with van der Waals surface area (Å²) >= 11 is 4.73. The van der Waals surface area contributed by atoms with Crippen molar-refractivity contribution in [3.63, 3.8) is 0 Å². The maximum Gasteiger partial charge on any atom is 0.263 e. The number of carbonyl (C=O) groups excluding carboxylic acids is 1. The van der Waals surface area contributed by atoms with Crippen molar-refractivity contribution in [1.29, 1.82) is 0 Å². The van der Waals surface area contributed by atoms with Crippen molar-refractivity contribution in [2.75, 3.05) is 26.6 Å². The number of nitrogens with one attached hydrogen (secondary N) is 2. The fourth-order valence-corrected chi connectivity index (χ4v) is 4.81. The van der Waals surface area contributed by atoms with Crippen LogP contribution in [0, 0.1) is 0 Å². The molecule has 12 heteroatoms. The Morgan fingerprint density at radius 1 is 1.00 bits per heavy atom. The highest BCUT2D eigenvalue weighted by molar-refractivity contribution is 9.10. The van der Waals surface area contributed by atoms with Crippen molar-refractivity contribution < 1.29 is 23.7 Å². The second-order valence-electron chi connectivity index (χ2n) is 7.58. The predicted molar refractivity (Wildman–Crippen MR) is 144 cm³/mol. The summed E-state index contributed by atoms with van der Waals surface area (Å²) in [6.07, 6.45) is 1.56. The Kier molecular flexibility index (Phi) is 8.41. The zero-order valence-corrected chi connectivity index (χ0v) is 22.8. The molecule has 0 aliphatic heterocycles. The Hall–Kier alpha value is -3.90. The monoisotopic (exact) mass is 585 g/mol. The molecule has 2 aromatic carbocycles. The van der Waals surface area contributed by atoms with E-state index in [0.29, 0.717) is 45.0 Å². The summed E-state index contributed by atoms with van der Waals surface area (Å²) in [6, 6.07) is 12.2. The van der Waals surface area contributed by atoms with Crippen molar-refractivity contribution in [2.24, 2.45) is 0 Å². The largest absolute Gasteiger partial charge is 0.493 e. The van der Waals surface area contributed by atoms with E-state index in [1.165, 1.54) is 32.7 Å². The van der Waals surface area contributed by atoms with Crippen LogP contribution in [0.5, 0.6) is 28.7 Å². The van der Waals surface area contributed by atoms with E-state index >= 15 is 0 Å². The van der Waals surface area contributed by atoms with Crippen LogP contribution in [0.1, 0.15) is 28.3 Å². The lowest BCUT2D eigenvalue weighted by Crippen LogP contribution is -2.27. The third kappa shape index (κ3) is 6.09. The van der Waals surface area contributed by atoms with Crippen LogP contribution in [0.2, 0.25) is 0 Å². The number of rotatable bonds is 10. The molecule has 0 saturated carbocycles. The number of ether oxygens (including phenoxy) is 4. The highest BCUT2D eigenvalue weighted by Crippen LogP contribution is 2.42. The first kappa shape index (κ1) is 26.2. The van der Waals surface area contributed by atoms with Gasteiger partial charge in [-0.2, -0.15) is 0 Å². The molecular weight excluding hydrogens is 562 g/mol. The lowest BCUT2D eigenvalue weighted by atomic mass is 10.2. The van der Waals surface area contributed by atoms with Gasteiger partial charge in [0.1, 0.15) is 16.3 Å². The van der Waals surface area contributed by atoms with Gasteiger partial charge >= 0.3 is 0 Å². The van der Waals surface area contributed by atoms with E-state index in [9.17, 15) is 4.79 Å². The Balaban J connectivity index is 1.48. The topological polar surface area (TPSA) is 117 Å². The molecule has 4 rings (SSSR count). The Morgan fingerprint density at radius 2 is 1.73 bits per heavy atom.